The fourth-order valence-corrected chi connectivity index (χ4v) is 2.36. The lowest BCUT2D eigenvalue weighted by molar-refractivity contribution is -0.119. The Morgan fingerprint density at radius 2 is 1.73 bits per heavy atom. The zero-order valence-corrected chi connectivity index (χ0v) is 17.5. The second kappa shape index (κ2) is 13.2. The lowest BCUT2D eigenvalue weighted by Crippen LogP contribution is -2.40. The van der Waals surface area contributed by atoms with Gasteiger partial charge in [-0.25, -0.2) is 4.99 Å². The Balaban J connectivity index is 0.00000338. The van der Waals surface area contributed by atoms with E-state index in [1.54, 1.807) is 0 Å². The van der Waals surface area contributed by atoms with Gasteiger partial charge in [0.15, 0.2) is 5.96 Å². The molecule has 2 rings (SSSR count). The molecule has 6 nitrogen and oxygen atoms in total. The smallest absolute Gasteiger partial charge is 0.241 e. The standard InChI is InChI=1S/C19H27N5O.HI/c1-2-20-19(22-12-15-24-13-6-7-14-24)23-16-18(25)21-11-10-17-8-4-3-5-9-17;/h3-9,13-14H,2,10-12,15-16H2,1H3,(H,21,25)(H2,20,22,23);1H. The molecule has 1 aromatic carbocycles. The molecule has 0 atom stereocenters. The molecular weight excluding hydrogens is 441 g/mol. The average molecular weight is 469 g/mol. The quantitative estimate of drug-likeness (QED) is 0.299. The summed E-state index contributed by atoms with van der Waals surface area (Å²) in [4.78, 5) is 16.3. The van der Waals surface area contributed by atoms with Crippen molar-refractivity contribution in [2.24, 2.45) is 4.99 Å². The summed E-state index contributed by atoms with van der Waals surface area (Å²) in [6.07, 6.45) is 4.86. The summed E-state index contributed by atoms with van der Waals surface area (Å²) in [6.45, 7) is 5.09. The summed E-state index contributed by atoms with van der Waals surface area (Å²) in [5.74, 6) is 0.589. The molecule has 0 saturated carbocycles. The number of carbonyl (C=O) groups is 1. The number of amides is 1. The Morgan fingerprint density at radius 3 is 2.42 bits per heavy atom. The van der Waals surface area contributed by atoms with E-state index in [9.17, 15) is 4.79 Å². The van der Waals surface area contributed by atoms with Crippen molar-refractivity contribution in [2.75, 3.05) is 26.2 Å². The van der Waals surface area contributed by atoms with Crippen molar-refractivity contribution in [2.45, 2.75) is 19.9 Å². The molecule has 1 amide bonds. The van der Waals surface area contributed by atoms with Crippen molar-refractivity contribution in [3.63, 3.8) is 0 Å². The molecule has 0 bridgehead atoms. The van der Waals surface area contributed by atoms with Crippen LogP contribution in [0.25, 0.3) is 0 Å². The number of guanidine groups is 1. The molecule has 2 aromatic rings. The summed E-state index contributed by atoms with van der Waals surface area (Å²) in [6, 6.07) is 14.1. The molecule has 0 radical (unpaired) electrons. The number of benzene rings is 1. The Labute approximate surface area is 172 Å². The van der Waals surface area contributed by atoms with Crippen LogP contribution in [0, 0.1) is 0 Å². The maximum absolute atomic E-state index is 11.9. The van der Waals surface area contributed by atoms with Gasteiger partial charge in [0.2, 0.25) is 5.91 Å². The van der Waals surface area contributed by atoms with E-state index in [1.807, 2.05) is 49.6 Å². The number of rotatable bonds is 9. The van der Waals surface area contributed by atoms with Crippen LogP contribution in [0.15, 0.2) is 59.9 Å². The summed E-state index contributed by atoms with van der Waals surface area (Å²) >= 11 is 0. The van der Waals surface area contributed by atoms with E-state index >= 15 is 0 Å². The Bertz CT molecular complexity index is 643. The molecular formula is C19H28IN5O. The third-order valence-electron chi connectivity index (χ3n) is 3.63. The lowest BCUT2D eigenvalue weighted by atomic mass is 10.1. The highest BCUT2D eigenvalue weighted by atomic mass is 127. The maximum atomic E-state index is 11.9. The molecule has 142 valence electrons. The Kier molecular flexibility index (Phi) is 11.2. The third kappa shape index (κ3) is 8.89. The van der Waals surface area contributed by atoms with Crippen molar-refractivity contribution < 1.29 is 4.79 Å². The van der Waals surface area contributed by atoms with Gasteiger partial charge in [0.1, 0.15) is 6.54 Å². The molecule has 0 aliphatic heterocycles. The van der Waals surface area contributed by atoms with E-state index in [4.69, 9.17) is 0 Å². The highest BCUT2D eigenvalue weighted by Crippen LogP contribution is 1.98. The number of hydrogen-bond donors (Lipinski definition) is 3. The van der Waals surface area contributed by atoms with Gasteiger partial charge >= 0.3 is 0 Å². The predicted octanol–water partition coefficient (Wildman–Crippen LogP) is 2.02. The predicted molar refractivity (Wildman–Crippen MR) is 117 cm³/mol. The first-order chi connectivity index (χ1) is 12.3. The van der Waals surface area contributed by atoms with Crippen molar-refractivity contribution in [1.82, 2.24) is 20.5 Å². The van der Waals surface area contributed by atoms with Gasteiger partial charge in [-0.15, -0.1) is 24.0 Å². The van der Waals surface area contributed by atoms with E-state index in [1.165, 1.54) is 5.56 Å². The van der Waals surface area contributed by atoms with Gasteiger partial charge in [0.25, 0.3) is 0 Å². The SMILES string of the molecule is CCNC(=NCC(=O)NCCc1ccccc1)NCCn1cccc1.I. The van der Waals surface area contributed by atoms with Crippen molar-refractivity contribution in [3.05, 3.63) is 60.4 Å². The Hall–Kier alpha value is -2.03. The maximum Gasteiger partial charge on any atom is 0.241 e. The van der Waals surface area contributed by atoms with Crippen LogP contribution in [0.5, 0.6) is 0 Å². The lowest BCUT2D eigenvalue weighted by Gasteiger charge is -2.11. The summed E-state index contributed by atoms with van der Waals surface area (Å²) in [7, 11) is 0. The van der Waals surface area contributed by atoms with E-state index in [-0.39, 0.29) is 36.4 Å². The number of nitrogens with one attached hydrogen (secondary N) is 3. The molecule has 1 heterocycles. The van der Waals surface area contributed by atoms with E-state index < -0.39 is 0 Å². The zero-order chi connectivity index (χ0) is 17.7. The monoisotopic (exact) mass is 469 g/mol. The molecule has 0 fully saturated rings. The topological polar surface area (TPSA) is 70.4 Å². The zero-order valence-electron chi connectivity index (χ0n) is 15.1. The van der Waals surface area contributed by atoms with Crippen molar-refractivity contribution >= 4 is 35.8 Å². The number of hydrogen-bond acceptors (Lipinski definition) is 2. The molecule has 0 aliphatic carbocycles. The van der Waals surface area contributed by atoms with Gasteiger partial charge in [-0.05, 0) is 31.0 Å². The second-order valence-corrected chi connectivity index (χ2v) is 5.63. The molecule has 0 aliphatic rings. The highest BCUT2D eigenvalue weighted by Gasteiger charge is 2.02. The van der Waals surface area contributed by atoms with Crippen LogP contribution in [0.1, 0.15) is 12.5 Å². The first-order valence-corrected chi connectivity index (χ1v) is 8.71. The molecule has 0 spiro atoms. The van der Waals surface area contributed by atoms with Crippen LogP contribution in [-0.4, -0.2) is 42.6 Å². The minimum absolute atomic E-state index is 0. The fourth-order valence-electron chi connectivity index (χ4n) is 2.36. The van der Waals surface area contributed by atoms with Gasteiger partial charge in [0.05, 0.1) is 0 Å². The van der Waals surface area contributed by atoms with Crippen molar-refractivity contribution in [1.29, 1.82) is 0 Å². The van der Waals surface area contributed by atoms with Crippen LogP contribution >= 0.6 is 24.0 Å². The van der Waals surface area contributed by atoms with E-state index in [0.29, 0.717) is 12.5 Å². The van der Waals surface area contributed by atoms with Gasteiger partial charge in [-0.3, -0.25) is 4.79 Å². The van der Waals surface area contributed by atoms with Crippen molar-refractivity contribution in [3.8, 4) is 0 Å². The van der Waals surface area contributed by atoms with Gasteiger partial charge in [-0.2, -0.15) is 0 Å². The van der Waals surface area contributed by atoms with Gasteiger partial charge in [0, 0.05) is 38.6 Å². The summed E-state index contributed by atoms with van der Waals surface area (Å²) in [5, 5.41) is 9.29. The summed E-state index contributed by atoms with van der Waals surface area (Å²) < 4.78 is 2.09. The number of carbonyl (C=O) groups excluding carboxylic acids is 1. The third-order valence-corrected chi connectivity index (χ3v) is 3.63. The number of aromatic nitrogens is 1. The van der Waals surface area contributed by atoms with E-state index in [2.05, 4.69) is 37.6 Å². The van der Waals surface area contributed by atoms with Crippen LogP contribution < -0.4 is 16.0 Å². The Morgan fingerprint density at radius 1 is 1.00 bits per heavy atom. The number of nitrogens with zero attached hydrogens (tertiary/aromatic N) is 2. The summed E-state index contributed by atoms with van der Waals surface area (Å²) in [5.41, 5.74) is 1.21. The molecule has 26 heavy (non-hydrogen) atoms. The minimum Gasteiger partial charge on any atom is -0.357 e. The fraction of sp³-hybridized carbons (Fsp3) is 0.368. The molecule has 0 saturated heterocycles. The van der Waals surface area contributed by atoms with Crippen LogP contribution in [0.4, 0.5) is 0 Å². The second-order valence-electron chi connectivity index (χ2n) is 5.63. The highest BCUT2D eigenvalue weighted by molar-refractivity contribution is 14.0. The number of aliphatic imine (C=N–C) groups is 1. The van der Waals surface area contributed by atoms with E-state index in [0.717, 1.165) is 26.1 Å². The van der Waals surface area contributed by atoms with Gasteiger partial charge < -0.3 is 20.5 Å². The normalized spacial score (nSPS) is 10.7. The molecule has 1 aromatic heterocycles. The average Bonchev–Trinajstić information content (AvgIpc) is 3.14. The molecule has 3 N–H and O–H groups in total. The van der Waals surface area contributed by atoms with Crippen LogP contribution in [0.2, 0.25) is 0 Å². The van der Waals surface area contributed by atoms with Gasteiger partial charge in [-0.1, -0.05) is 30.3 Å². The first kappa shape index (κ1) is 22.0. The van der Waals surface area contributed by atoms with Crippen LogP contribution in [0.3, 0.4) is 0 Å². The first-order valence-electron chi connectivity index (χ1n) is 8.71. The minimum atomic E-state index is -0.0708. The largest absolute Gasteiger partial charge is 0.357 e. The molecule has 0 unspecified atom stereocenters. The van der Waals surface area contributed by atoms with Crippen LogP contribution in [-0.2, 0) is 17.8 Å². The number of halogens is 1. The molecule has 7 heteroatoms.